The van der Waals surface area contributed by atoms with Crippen LogP contribution in [0.15, 0.2) is 52.2 Å². The van der Waals surface area contributed by atoms with E-state index in [1.807, 2.05) is 0 Å². The first-order chi connectivity index (χ1) is 16.8. The number of hydrogen-bond acceptors (Lipinski definition) is 9. The molecule has 0 bridgehead atoms. The number of rotatable bonds is 10. The Balaban J connectivity index is 1.80. The zero-order chi connectivity index (χ0) is 26.7. The molecule has 198 valence electrons. The molecule has 15 heteroatoms. The van der Waals surface area contributed by atoms with Crippen molar-refractivity contribution in [1.29, 1.82) is 0 Å². The number of para-hydroxylation sites is 1. The highest BCUT2D eigenvalue weighted by atomic mass is 79.9. The van der Waals surface area contributed by atoms with Crippen molar-refractivity contribution in [3.8, 4) is 5.75 Å². The Hall–Kier alpha value is -1.99. The van der Waals surface area contributed by atoms with Crippen molar-refractivity contribution in [2.75, 3.05) is 6.61 Å². The van der Waals surface area contributed by atoms with Crippen LogP contribution >= 0.6 is 35.3 Å². The number of nitrogens with zero attached hydrogens (tertiary/aromatic N) is 1. The molecule has 0 amide bonds. The summed E-state index contributed by atoms with van der Waals surface area (Å²) in [7, 11) is -4.24. The minimum atomic E-state index is -4.24. The lowest BCUT2D eigenvalue weighted by atomic mass is 10.2. The second-order valence-corrected chi connectivity index (χ2v) is 12.3. The molecule has 3 rings (SSSR count). The molecule has 36 heavy (non-hydrogen) atoms. The van der Waals surface area contributed by atoms with E-state index in [-0.39, 0.29) is 5.75 Å². The number of alkyl halides is 2. The van der Waals surface area contributed by atoms with Gasteiger partial charge in [0.25, 0.3) is 5.56 Å². The van der Waals surface area contributed by atoms with Gasteiger partial charge in [0.05, 0.1) is 12.7 Å². The minimum absolute atomic E-state index is 0.190. The summed E-state index contributed by atoms with van der Waals surface area (Å²) in [6.45, 7) is 4.25. The third-order valence-corrected chi connectivity index (χ3v) is 7.83. The van der Waals surface area contributed by atoms with Crippen molar-refractivity contribution < 1.29 is 33.0 Å². The molecule has 1 fully saturated rings. The number of aliphatic hydroxyl groups excluding tert-OH is 1. The Labute approximate surface area is 219 Å². The first-order valence-electron chi connectivity index (χ1n) is 10.8. The van der Waals surface area contributed by atoms with Gasteiger partial charge in [-0.25, -0.2) is 9.36 Å². The third-order valence-electron chi connectivity index (χ3n) is 4.92. The highest BCUT2D eigenvalue weighted by molar-refractivity contribution is 9.10. The van der Waals surface area contributed by atoms with Crippen LogP contribution in [0.1, 0.15) is 27.0 Å². The summed E-state index contributed by atoms with van der Waals surface area (Å²) in [5.41, 5.74) is -1.44. The number of nitrogens with one attached hydrogen (secondary N) is 2. The van der Waals surface area contributed by atoms with Crippen molar-refractivity contribution >= 4 is 41.2 Å². The molecule has 6 atom stereocenters. The number of benzene rings is 1. The van der Waals surface area contributed by atoms with Crippen molar-refractivity contribution in [3.05, 3.63) is 63.4 Å². The number of hydrogen-bond donors (Lipinski definition) is 3. The topological polar surface area (TPSA) is 158 Å². The van der Waals surface area contributed by atoms with E-state index < -0.39 is 65.9 Å². The van der Waals surface area contributed by atoms with Crippen LogP contribution in [0.25, 0.3) is 0 Å². The first-order valence-corrected chi connectivity index (χ1v) is 13.5. The lowest BCUT2D eigenvalue weighted by Gasteiger charge is -2.25. The molecule has 0 saturated carbocycles. The summed E-state index contributed by atoms with van der Waals surface area (Å²) in [4.78, 5) is 38.0. The molecule has 1 aliphatic heterocycles. The van der Waals surface area contributed by atoms with Gasteiger partial charge in [0.1, 0.15) is 24.0 Å². The van der Waals surface area contributed by atoms with Crippen LogP contribution in [0.4, 0.5) is 0 Å². The van der Waals surface area contributed by atoms with E-state index in [9.17, 15) is 24.1 Å². The highest BCUT2D eigenvalue weighted by Crippen LogP contribution is 2.50. The van der Waals surface area contributed by atoms with Gasteiger partial charge in [-0.2, -0.15) is 5.09 Å². The lowest BCUT2D eigenvalue weighted by Crippen LogP contribution is -2.41. The number of ether oxygens (including phenoxy) is 2. The molecule has 2 aromatic rings. The third kappa shape index (κ3) is 6.86. The van der Waals surface area contributed by atoms with Crippen LogP contribution in [0.3, 0.4) is 0 Å². The number of aliphatic hydroxyl groups is 1. The Morgan fingerprint density at radius 1 is 1.31 bits per heavy atom. The van der Waals surface area contributed by atoms with E-state index in [0.717, 1.165) is 16.8 Å². The van der Waals surface area contributed by atoms with E-state index in [1.54, 1.807) is 32.0 Å². The lowest BCUT2D eigenvalue weighted by molar-refractivity contribution is -0.149. The zero-order valence-corrected chi connectivity index (χ0v) is 22.7. The van der Waals surface area contributed by atoms with Gasteiger partial charge >= 0.3 is 19.4 Å². The number of H-pyrrole nitrogens is 1. The molecule has 0 spiro atoms. The van der Waals surface area contributed by atoms with Crippen LogP contribution in [0.2, 0.25) is 0 Å². The first kappa shape index (κ1) is 28.6. The van der Waals surface area contributed by atoms with Gasteiger partial charge in [0.2, 0.25) is 0 Å². The maximum atomic E-state index is 13.6. The van der Waals surface area contributed by atoms with Crippen molar-refractivity contribution in [2.45, 2.75) is 55.1 Å². The van der Waals surface area contributed by atoms with Crippen molar-refractivity contribution in [2.24, 2.45) is 0 Å². The second kappa shape index (κ2) is 11.6. The van der Waals surface area contributed by atoms with Crippen LogP contribution in [-0.4, -0.2) is 55.4 Å². The summed E-state index contributed by atoms with van der Waals surface area (Å²) in [5.74, 6) is -0.490. The van der Waals surface area contributed by atoms with Crippen LogP contribution in [-0.2, 0) is 23.4 Å². The summed E-state index contributed by atoms with van der Waals surface area (Å²) in [6, 6.07) is 8.12. The molecule has 12 nitrogen and oxygen atoms in total. The van der Waals surface area contributed by atoms with Crippen molar-refractivity contribution in [1.82, 2.24) is 14.6 Å². The number of carbonyl (C=O) groups is 1. The van der Waals surface area contributed by atoms with Gasteiger partial charge in [-0.15, -0.1) is 0 Å². The quantitative estimate of drug-likeness (QED) is 0.207. The van der Waals surface area contributed by atoms with Gasteiger partial charge < -0.3 is 19.1 Å². The number of aromatic amines is 1. The maximum absolute atomic E-state index is 13.6. The number of esters is 1. The Kier molecular flexibility index (Phi) is 9.20. The fraction of sp³-hybridized carbons (Fsp3) is 0.476. The van der Waals surface area contributed by atoms with E-state index in [0.29, 0.717) is 0 Å². The Morgan fingerprint density at radius 2 is 1.97 bits per heavy atom. The van der Waals surface area contributed by atoms with Crippen LogP contribution < -0.4 is 20.9 Å². The van der Waals surface area contributed by atoms with Crippen molar-refractivity contribution in [3.63, 3.8) is 0 Å². The minimum Gasteiger partial charge on any atom is -0.462 e. The van der Waals surface area contributed by atoms with Gasteiger partial charge in [0, 0.05) is 12.3 Å². The van der Waals surface area contributed by atoms with Gasteiger partial charge in [-0.1, -0.05) is 45.7 Å². The fourth-order valence-electron chi connectivity index (χ4n) is 3.22. The van der Waals surface area contributed by atoms with Gasteiger partial charge in [-0.3, -0.25) is 23.7 Å². The molecule has 1 aromatic carbocycles. The second-order valence-electron chi connectivity index (χ2n) is 8.20. The molecule has 0 aliphatic carbocycles. The molecular weight excluding hydrogens is 585 g/mol. The summed E-state index contributed by atoms with van der Waals surface area (Å²) >= 11 is 9.60. The molecule has 1 saturated heterocycles. The molecule has 1 unspecified atom stereocenters. The number of aromatic nitrogens is 2. The summed E-state index contributed by atoms with van der Waals surface area (Å²) < 4.78 is 34.9. The highest BCUT2D eigenvalue weighted by Gasteiger charge is 2.55. The largest absolute Gasteiger partial charge is 0.462 e. The van der Waals surface area contributed by atoms with E-state index >= 15 is 0 Å². The molecule has 1 aliphatic rings. The maximum Gasteiger partial charge on any atom is 0.459 e. The Bertz CT molecular complexity index is 1220. The Morgan fingerprint density at radius 3 is 2.58 bits per heavy atom. The monoisotopic (exact) mass is 609 g/mol. The summed E-state index contributed by atoms with van der Waals surface area (Å²) in [6.07, 6.45) is -3.17. The summed E-state index contributed by atoms with van der Waals surface area (Å²) in [5, 5.41) is 13.3. The molecule has 0 radical (unpaired) electrons. The predicted molar refractivity (Wildman–Crippen MR) is 133 cm³/mol. The van der Waals surface area contributed by atoms with E-state index in [4.69, 9.17) is 30.1 Å². The smallest absolute Gasteiger partial charge is 0.459 e. The van der Waals surface area contributed by atoms with E-state index in [2.05, 4.69) is 26.0 Å². The average molecular weight is 611 g/mol. The molecule has 3 N–H and O–H groups in total. The zero-order valence-electron chi connectivity index (χ0n) is 19.5. The normalized spacial score (nSPS) is 26.4. The van der Waals surface area contributed by atoms with Crippen LogP contribution in [0.5, 0.6) is 5.75 Å². The standard InChI is InChI=1S/C21H26BrClN3O9P/c1-12(2)33-18(29)13(3)25-36(31,35-14-7-5-4-6-8-14)32-11-15-17(28)21(22,23)19(34-15)26-10-9-16(27)24-20(26)30/h4-10,12-13,15,17,19,28H,11H2,1-3H3,(H,25,31)(H,24,27,30)/t13-,15-,17-,19-,21+,36?/m1/s1. The van der Waals surface area contributed by atoms with Gasteiger partial charge in [-0.05, 0) is 32.9 Å². The number of halogens is 2. The van der Waals surface area contributed by atoms with Crippen LogP contribution in [0, 0.1) is 0 Å². The van der Waals surface area contributed by atoms with E-state index in [1.165, 1.54) is 19.1 Å². The van der Waals surface area contributed by atoms with Gasteiger partial charge in [0.15, 0.2) is 10.0 Å². The molecule has 1 aromatic heterocycles. The molecular formula is C21H26BrClN3O9P. The average Bonchev–Trinajstić information content (AvgIpc) is 3.01. The SMILES string of the molecule is CC(C)OC(=O)[C@@H](C)NP(=O)(OC[C@H]1O[C@@H](n2ccc(=O)[nH]c2=O)[C@](Cl)(Br)[C@@H]1O)Oc1ccccc1. The molecule has 2 heterocycles. The fourth-order valence-corrected chi connectivity index (χ4v) is 5.65. The number of carbonyl (C=O) groups excluding carboxylic acids is 1. The predicted octanol–water partition coefficient (Wildman–Crippen LogP) is 2.26.